The van der Waals surface area contributed by atoms with Crippen LogP contribution in [-0.4, -0.2) is 80.6 Å². The number of allylic oxidation sites excluding steroid dienone is 8. The minimum atomic E-state index is -0.883. The third-order valence-electron chi connectivity index (χ3n) is 9.09. The number of carbonyl (C=O) groups excluding carboxylic acids is 2. The molecular weight excluding hydrogens is 654 g/mol. The standard InChI is InChI=1S/C44H77NO7/c1-6-8-10-12-14-16-18-20-21-23-24-26-28-30-32-34-42(46)51-39-40(38-50-37-36-41(44(48)49)45(3,4)5)52-43(47)35-33-31-29-27-25-22-19-17-15-13-11-9-7-2/h9,11,13,15,17,19,22,25,40-41H,6-8,10,12,14,16,18,20-21,23-24,26-39H2,1-5H3/p+1/b11-9+,15-13+,19-17+,25-22+. The van der Waals surface area contributed by atoms with Gasteiger partial charge in [0.25, 0.3) is 0 Å². The molecule has 0 heterocycles. The number of hydrogen-bond donors (Lipinski definition) is 1. The average molecular weight is 733 g/mol. The summed E-state index contributed by atoms with van der Waals surface area (Å²) in [4.78, 5) is 36.9. The summed E-state index contributed by atoms with van der Waals surface area (Å²) in [5.41, 5.74) is 0. The van der Waals surface area contributed by atoms with E-state index in [1.807, 2.05) is 57.6 Å². The van der Waals surface area contributed by atoms with Crippen molar-refractivity contribution in [1.82, 2.24) is 0 Å². The summed E-state index contributed by atoms with van der Waals surface area (Å²) in [6.07, 6.45) is 40.1. The first kappa shape index (κ1) is 49.3. The highest BCUT2D eigenvalue weighted by Crippen LogP contribution is 2.15. The molecule has 0 radical (unpaired) electrons. The number of likely N-dealkylation sites (N-methyl/N-ethyl adjacent to an activating group) is 1. The molecule has 300 valence electrons. The molecule has 0 aromatic carbocycles. The van der Waals surface area contributed by atoms with E-state index in [2.05, 4.69) is 26.0 Å². The molecule has 0 rings (SSSR count). The molecule has 2 unspecified atom stereocenters. The highest BCUT2D eigenvalue weighted by Gasteiger charge is 2.31. The Hall–Kier alpha value is -2.71. The smallest absolute Gasteiger partial charge is 0.362 e. The van der Waals surface area contributed by atoms with Gasteiger partial charge in [0, 0.05) is 19.3 Å². The molecule has 0 aromatic heterocycles. The summed E-state index contributed by atoms with van der Waals surface area (Å²) < 4.78 is 17.2. The molecule has 0 amide bonds. The van der Waals surface area contributed by atoms with Crippen molar-refractivity contribution in [3.63, 3.8) is 0 Å². The molecule has 0 saturated carbocycles. The van der Waals surface area contributed by atoms with Gasteiger partial charge in [-0.15, -0.1) is 0 Å². The van der Waals surface area contributed by atoms with Crippen molar-refractivity contribution in [2.45, 2.75) is 174 Å². The van der Waals surface area contributed by atoms with Gasteiger partial charge in [-0.1, -0.05) is 159 Å². The number of ether oxygens (including phenoxy) is 3. The molecule has 0 spiro atoms. The van der Waals surface area contributed by atoms with Crippen LogP contribution in [0.4, 0.5) is 0 Å². The molecule has 52 heavy (non-hydrogen) atoms. The van der Waals surface area contributed by atoms with Crippen LogP contribution < -0.4 is 0 Å². The van der Waals surface area contributed by atoms with E-state index in [1.165, 1.54) is 77.0 Å². The molecule has 0 aromatic rings. The minimum absolute atomic E-state index is 0.0455. The maximum absolute atomic E-state index is 12.7. The maximum Gasteiger partial charge on any atom is 0.362 e. The maximum atomic E-state index is 12.7. The quantitative estimate of drug-likeness (QED) is 0.0296. The molecule has 0 aliphatic rings. The Labute approximate surface area is 318 Å². The molecule has 0 aliphatic heterocycles. The normalized spacial score (nSPS) is 13.5. The SMILES string of the molecule is CC/C=C/C=C/C=C/C=C/CCCCCC(=O)OC(COCCC(C(=O)O)[N+](C)(C)C)COC(=O)CCCCCCCCCCCCCCCCC. The Kier molecular flexibility index (Phi) is 33.5. The number of aliphatic carboxylic acids is 1. The van der Waals surface area contributed by atoms with E-state index in [0.29, 0.717) is 19.3 Å². The first-order valence-corrected chi connectivity index (χ1v) is 20.7. The van der Waals surface area contributed by atoms with Gasteiger partial charge in [-0.25, -0.2) is 4.79 Å². The minimum Gasteiger partial charge on any atom is -0.477 e. The lowest BCUT2D eigenvalue weighted by Gasteiger charge is -2.31. The van der Waals surface area contributed by atoms with E-state index >= 15 is 0 Å². The predicted molar refractivity (Wildman–Crippen MR) is 215 cm³/mol. The zero-order valence-corrected chi connectivity index (χ0v) is 34.0. The Bertz CT molecular complexity index is 995. The number of nitrogens with zero attached hydrogens (tertiary/aromatic N) is 1. The molecular formula is C44H78NO7+. The van der Waals surface area contributed by atoms with Crippen LogP contribution in [-0.2, 0) is 28.6 Å². The molecule has 8 heteroatoms. The van der Waals surface area contributed by atoms with Gasteiger partial charge in [0.15, 0.2) is 12.1 Å². The van der Waals surface area contributed by atoms with Crippen molar-refractivity contribution in [3.05, 3.63) is 48.6 Å². The van der Waals surface area contributed by atoms with Crippen molar-refractivity contribution in [1.29, 1.82) is 0 Å². The van der Waals surface area contributed by atoms with Crippen LogP contribution in [0.3, 0.4) is 0 Å². The summed E-state index contributed by atoms with van der Waals surface area (Å²) in [6.45, 7) is 4.55. The van der Waals surface area contributed by atoms with Crippen LogP contribution in [0.5, 0.6) is 0 Å². The fourth-order valence-corrected chi connectivity index (χ4v) is 5.87. The second-order valence-electron chi connectivity index (χ2n) is 15.0. The molecule has 0 bridgehead atoms. The van der Waals surface area contributed by atoms with Crippen LogP contribution >= 0.6 is 0 Å². The summed E-state index contributed by atoms with van der Waals surface area (Å²) >= 11 is 0. The van der Waals surface area contributed by atoms with Crippen LogP contribution in [0, 0.1) is 0 Å². The Morgan fingerprint density at radius 2 is 1.08 bits per heavy atom. The Balaban J connectivity index is 4.42. The lowest BCUT2D eigenvalue weighted by atomic mass is 10.0. The van der Waals surface area contributed by atoms with E-state index in [0.717, 1.165) is 44.9 Å². The third-order valence-corrected chi connectivity index (χ3v) is 9.09. The highest BCUT2D eigenvalue weighted by atomic mass is 16.6. The summed E-state index contributed by atoms with van der Waals surface area (Å²) in [5.74, 6) is -1.52. The van der Waals surface area contributed by atoms with E-state index in [1.54, 1.807) is 0 Å². The van der Waals surface area contributed by atoms with Gasteiger partial charge in [0.05, 0.1) is 34.4 Å². The van der Waals surface area contributed by atoms with Crippen molar-refractivity contribution < 1.29 is 38.2 Å². The number of esters is 2. The number of rotatable bonds is 36. The lowest BCUT2D eigenvalue weighted by molar-refractivity contribution is -0.887. The third kappa shape index (κ3) is 33.1. The zero-order chi connectivity index (χ0) is 38.5. The second kappa shape index (κ2) is 35.3. The van der Waals surface area contributed by atoms with Crippen LogP contribution in [0.2, 0.25) is 0 Å². The van der Waals surface area contributed by atoms with Gasteiger partial charge < -0.3 is 23.8 Å². The van der Waals surface area contributed by atoms with Gasteiger partial charge in [0.1, 0.15) is 6.61 Å². The number of carboxylic acid groups (broad SMARTS) is 1. The predicted octanol–water partition coefficient (Wildman–Crippen LogP) is 10.9. The zero-order valence-electron chi connectivity index (χ0n) is 34.0. The summed E-state index contributed by atoms with van der Waals surface area (Å²) in [6, 6.07) is -0.621. The van der Waals surface area contributed by atoms with Gasteiger partial charge >= 0.3 is 17.9 Å². The second-order valence-corrected chi connectivity index (χ2v) is 15.0. The van der Waals surface area contributed by atoms with Gasteiger partial charge in [-0.3, -0.25) is 9.59 Å². The lowest BCUT2D eigenvalue weighted by Crippen LogP contribution is -2.50. The van der Waals surface area contributed by atoms with Gasteiger partial charge in [0.2, 0.25) is 0 Å². The number of carboxylic acids is 1. The van der Waals surface area contributed by atoms with Crippen molar-refractivity contribution in [2.24, 2.45) is 0 Å². The van der Waals surface area contributed by atoms with Crippen molar-refractivity contribution in [2.75, 3.05) is 41.0 Å². The fourth-order valence-electron chi connectivity index (χ4n) is 5.87. The molecule has 1 N–H and O–H groups in total. The van der Waals surface area contributed by atoms with E-state index < -0.39 is 18.1 Å². The van der Waals surface area contributed by atoms with E-state index in [-0.39, 0.29) is 42.7 Å². The summed E-state index contributed by atoms with van der Waals surface area (Å²) in [5, 5.41) is 9.60. The van der Waals surface area contributed by atoms with Crippen LogP contribution in [0.15, 0.2) is 48.6 Å². The Morgan fingerprint density at radius 1 is 0.596 bits per heavy atom. The highest BCUT2D eigenvalue weighted by molar-refractivity contribution is 5.72. The van der Waals surface area contributed by atoms with Gasteiger partial charge in [-0.05, 0) is 32.1 Å². The first-order valence-electron chi connectivity index (χ1n) is 20.7. The monoisotopic (exact) mass is 733 g/mol. The molecule has 0 fully saturated rings. The van der Waals surface area contributed by atoms with Crippen molar-refractivity contribution >= 4 is 17.9 Å². The number of unbranched alkanes of at least 4 members (excludes halogenated alkanes) is 17. The molecule has 2 atom stereocenters. The van der Waals surface area contributed by atoms with Gasteiger partial charge in [-0.2, -0.15) is 0 Å². The fraction of sp³-hybridized carbons (Fsp3) is 0.750. The number of hydrogen-bond acceptors (Lipinski definition) is 6. The topological polar surface area (TPSA) is 99.1 Å². The summed E-state index contributed by atoms with van der Waals surface area (Å²) in [7, 11) is 5.50. The van der Waals surface area contributed by atoms with Crippen LogP contribution in [0.1, 0.15) is 162 Å². The van der Waals surface area contributed by atoms with E-state index in [9.17, 15) is 19.5 Å². The molecule has 0 aliphatic carbocycles. The number of quaternary nitrogens is 1. The first-order chi connectivity index (χ1) is 25.1. The van der Waals surface area contributed by atoms with E-state index in [4.69, 9.17) is 14.2 Å². The largest absolute Gasteiger partial charge is 0.477 e. The Morgan fingerprint density at radius 3 is 1.60 bits per heavy atom. The molecule has 0 saturated heterocycles. The van der Waals surface area contributed by atoms with Crippen molar-refractivity contribution in [3.8, 4) is 0 Å². The van der Waals surface area contributed by atoms with Crippen LogP contribution in [0.25, 0.3) is 0 Å². The average Bonchev–Trinajstić information content (AvgIpc) is 3.09. The molecule has 8 nitrogen and oxygen atoms in total. The number of carbonyl (C=O) groups is 3.